The van der Waals surface area contributed by atoms with Crippen LogP contribution in [-0.2, 0) is 14.8 Å². The van der Waals surface area contributed by atoms with Crippen LogP contribution in [0.3, 0.4) is 0 Å². The van der Waals surface area contributed by atoms with E-state index < -0.39 is 10.0 Å². The minimum atomic E-state index is -3.29. The smallest absolute Gasteiger partial charge is 0.249 e. The van der Waals surface area contributed by atoms with Gasteiger partial charge in [-0.25, -0.2) is 12.7 Å². The number of sulfonamides is 1. The maximum absolute atomic E-state index is 13.0. The lowest BCUT2D eigenvalue weighted by molar-refractivity contribution is -0.138. The molecular weight excluding hydrogens is 332 g/mol. The molecule has 1 atom stereocenters. The molecule has 0 bridgehead atoms. The fourth-order valence-electron chi connectivity index (χ4n) is 3.62. The predicted octanol–water partition coefficient (Wildman–Crippen LogP) is 1.10. The number of hydrogen-bond donors (Lipinski definition) is 0. The van der Waals surface area contributed by atoms with E-state index in [9.17, 15) is 13.2 Å². The molecule has 0 aromatic carbocycles. The molecule has 0 radical (unpaired) electrons. The molecule has 2 aliphatic rings. The standard InChI is InChI=1S/C15H24N4O4S/c1-11-16-14(23-17-11)13-7-8-18(24(2,21)22)9-10-19(13)15(20)12-5-3-4-6-12/h12-13H,3-10H2,1-2H3. The molecule has 1 aliphatic carbocycles. The Hall–Kier alpha value is -1.48. The van der Waals surface area contributed by atoms with Crippen molar-refractivity contribution in [3.05, 3.63) is 11.7 Å². The molecule has 1 aromatic rings. The lowest BCUT2D eigenvalue weighted by Gasteiger charge is -2.29. The van der Waals surface area contributed by atoms with E-state index in [1.807, 2.05) is 0 Å². The maximum atomic E-state index is 13.0. The average Bonchev–Trinajstić information content (AvgIpc) is 3.13. The molecule has 1 aliphatic heterocycles. The number of carbonyl (C=O) groups excluding carboxylic acids is 1. The van der Waals surface area contributed by atoms with E-state index in [2.05, 4.69) is 10.1 Å². The summed E-state index contributed by atoms with van der Waals surface area (Å²) in [6.45, 7) is 2.74. The third kappa shape index (κ3) is 3.61. The van der Waals surface area contributed by atoms with E-state index in [0.29, 0.717) is 37.8 Å². The van der Waals surface area contributed by atoms with Crippen LogP contribution in [-0.4, -0.2) is 59.6 Å². The molecule has 1 unspecified atom stereocenters. The van der Waals surface area contributed by atoms with Gasteiger partial charge in [0.25, 0.3) is 0 Å². The first-order valence-electron chi connectivity index (χ1n) is 8.42. The van der Waals surface area contributed by atoms with Crippen LogP contribution in [0, 0.1) is 12.8 Å². The predicted molar refractivity (Wildman–Crippen MR) is 86.5 cm³/mol. The van der Waals surface area contributed by atoms with Gasteiger partial charge in [0.2, 0.25) is 21.8 Å². The van der Waals surface area contributed by atoms with Gasteiger partial charge in [-0.15, -0.1) is 0 Å². The van der Waals surface area contributed by atoms with Crippen molar-refractivity contribution < 1.29 is 17.7 Å². The Bertz CT molecular complexity index is 696. The van der Waals surface area contributed by atoms with E-state index in [-0.39, 0.29) is 17.9 Å². The van der Waals surface area contributed by atoms with Crippen LogP contribution in [0.4, 0.5) is 0 Å². The van der Waals surface area contributed by atoms with Crippen molar-refractivity contribution in [1.29, 1.82) is 0 Å². The minimum Gasteiger partial charge on any atom is -0.337 e. The van der Waals surface area contributed by atoms with Crippen LogP contribution in [0.2, 0.25) is 0 Å². The second kappa shape index (κ2) is 6.79. The van der Waals surface area contributed by atoms with Crippen LogP contribution in [0.5, 0.6) is 0 Å². The number of carbonyl (C=O) groups is 1. The van der Waals surface area contributed by atoms with Crippen LogP contribution in [0.15, 0.2) is 4.52 Å². The zero-order valence-electron chi connectivity index (χ0n) is 14.1. The Morgan fingerprint density at radius 2 is 1.88 bits per heavy atom. The average molecular weight is 356 g/mol. The van der Waals surface area contributed by atoms with Gasteiger partial charge in [-0.2, -0.15) is 4.98 Å². The zero-order chi connectivity index (χ0) is 17.3. The molecule has 8 nitrogen and oxygen atoms in total. The van der Waals surface area contributed by atoms with Crippen molar-refractivity contribution in [1.82, 2.24) is 19.3 Å². The molecule has 0 spiro atoms. The summed E-state index contributed by atoms with van der Waals surface area (Å²) in [7, 11) is -3.29. The van der Waals surface area contributed by atoms with Gasteiger partial charge in [0.05, 0.1) is 6.26 Å². The molecular formula is C15H24N4O4S. The molecule has 1 saturated heterocycles. The van der Waals surface area contributed by atoms with Gasteiger partial charge in [-0.1, -0.05) is 18.0 Å². The minimum absolute atomic E-state index is 0.0290. The van der Waals surface area contributed by atoms with Gasteiger partial charge < -0.3 is 9.42 Å². The summed E-state index contributed by atoms with van der Waals surface area (Å²) in [5.74, 6) is 1.03. The lowest BCUT2D eigenvalue weighted by Crippen LogP contribution is -2.40. The zero-order valence-corrected chi connectivity index (χ0v) is 15.0. The van der Waals surface area contributed by atoms with E-state index in [1.54, 1.807) is 11.8 Å². The highest BCUT2D eigenvalue weighted by Crippen LogP contribution is 2.32. The molecule has 9 heteroatoms. The first-order chi connectivity index (χ1) is 11.4. The maximum Gasteiger partial charge on any atom is 0.249 e. The van der Waals surface area contributed by atoms with Gasteiger partial charge in [0.1, 0.15) is 6.04 Å². The molecule has 1 saturated carbocycles. The van der Waals surface area contributed by atoms with Gasteiger partial charge in [0.15, 0.2) is 5.82 Å². The summed E-state index contributed by atoms with van der Waals surface area (Å²) >= 11 is 0. The van der Waals surface area contributed by atoms with Crippen molar-refractivity contribution in [3.8, 4) is 0 Å². The van der Waals surface area contributed by atoms with E-state index in [4.69, 9.17) is 4.52 Å². The Labute approximate surface area is 142 Å². The first kappa shape index (κ1) is 17.3. The first-order valence-corrected chi connectivity index (χ1v) is 10.3. The fraction of sp³-hybridized carbons (Fsp3) is 0.800. The molecule has 1 aromatic heterocycles. The molecule has 3 rings (SSSR count). The van der Waals surface area contributed by atoms with Crippen molar-refractivity contribution in [2.24, 2.45) is 5.92 Å². The van der Waals surface area contributed by atoms with Crippen molar-refractivity contribution >= 4 is 15.9 Å². The summed E-state index contributed by atoms with van der Waals surface area (Å²) < 4.78 is 30.5. The second-order valence-corrected chi connectivity index (χ2v) is 8.64. The van der Waals surface area contributed by atoms with Crippen molar-refractivity contribution in [2.45, 2.75) is 45.1 Å². The third-order valence-corrected chi connectivity index (χ3v) is 6.21. The fourth-order valence-corrected chi connectivity index (χ4v) is 4.47. The van der Waals surface area contributed by atoms with E-state index in [1.165, 1.54) is 10.6 Å². The van der Waals surface area contributed by atoms with Crippen LogP contribution in [0.25, 0.3) is 0 Å². The lowest BCUT2D eigenvalue weighted by atomic mass is 10.0. The molecule has 1 amide bonds. The number of rotatable bonds is 3. The van der Waals surface area contributed by atoms with Gasteiger partial charge >= 0.3 is 0 Å². The van der Waals surface area contributed by atoms with Gasteiger partial charge in [-0.3, -0.25) is 4.79 Å². The second-order valence-electron chi connectivity index (χ2n) is 6.66. The van der Waals surface area contributed by atoms with Crippen LogP contribution < -0.4 is 0 Å². The van der Waals surface area contributed by atoms with E-state index >= 15 is 0 Å². The highest BCUT2D eigenvalue weighted by atomic mass is 32.2. The Kier molecular flexibility index (Phi) is 4.91. The summed E-state index contributed by atoms with van der Waals surface area (Å²) in [5.41, 5.74) is 0. The molecule has 24 heavy (non-hydrogen) atoms. The molecule has 2 heterocycles. The Balaban J connectivity index is 1.87. The number of hydrogen-bond acceptors (Lipinski definition) is 6. The van der Waals surface area contributed by atoms with Gasteiger partial charge in [0, 0.05) is 25.6 Å². The number of aromatic nitrogens is 2. The summed E-state index contributed by atoms with van der Waals surface area (Å²) in [5, 5.41) is 3.83. The quantitative estimate of drug-likeness (QED) is 0.805. The summed E-state index contributed by atoms with van der Waals surface area (Å²) in [6.07, 6.45) is 5.62. The van der Waals surface area contributed by atoms with Crippen LogP contribution >= 0.6 is 0 Å². The normalized spacial score (nSPS) is 24.2. The highest BCUT2D eigenvalue weighted by Gasteiger charge is 2.37. The topological polar surface area (TPSA) is 96.6 Å². The summed E-state index contributed by atoms with van der Waals surface area (Å²) in [4.78, 5) is 19.0. The summed E-state index contributed by atoms with van der Waals surface area (Å²) in [6, 6.07) is -0.356. The molecule has 0 N–H and O–H groups in total. The van der Waals surface area contributed by atoms with Crippen LogP contribution in [0.1, 0.15) is 49.9 Å². The molecule has 2 fully saturated rings. The van der Waals surface area contributed by atoms with Crippen molar-refractivity contribution in [2.75, 3.05) is 25.9 Å². The highest BCUT2D eigenvalue weighted by molar-refractivity contribution is 7.88. The Morgan fingerprint density at radius 3 is 2.46 bits per heavy atom. The monoisotopic (exact) mass is 356 g/mol. The third-order valence-electron chi connectivity index (χ3n) is 4.90. The largest absolute Gasteiger partial charge is 0.337 e. The molecule has 134 valence electrons. The van der Waals surface area contributed by atoms with Gasteiger partial charge in [-0.05, 0) is 26.2 Å². The van der Waals surface area contributed by atoms with E-state index in [0.717, 1.165) is 25.7 Å². The van der Waals surface area contributed by atoms with Crippen molar-refractivity contribution in [3.63, 3.8) is 0 Å². The Morgan fingerprint density at radius 1 is 1.17 bits per heavy atom. The number of aryl methyl sites for hydroxylation is 1. The number of amides is 1. The SMILES string of the molecule is Cc1noc(C2CCN(S(C)(=O)=O)CCN2C(=O)C2CCCC2)n1. The number of nitrogens with zero attached hydrogens (tertiary/aromatic N) is 4.